The normalized spacial score (nSPS) is 9.00. The van der Waals surface area contributed by atoms with Crippen molar-refractivity contribution in [2.24, 2.45) is 0 Å². The Morgan fingerprint density at radius 1 is 1.78 bits per heavy atom. The van der Waals surface area contributed by atoms with Crippen molar-refractivity contribution >= 4 is 17.0 Å². The largest absolute Gasteiger partial charge is 0.361 e. The molecule has 0 saturated carbocycles. The number of hydrogen-bond donors (Lipinski definition) is 1. The minimum absolute atomic E-state index is 1.16. The van der Waals surface area contributed by atoms with E-state index in [4.69, 9.17) is 0 Å². The van der Waals surface area contributed by atoms with Crippen LogP contribution in [0, 0.1) is 6.92 Å². The summed E-state index contributed by atoms with van der Waals surface area (Å²) in [5.74, 6) is 0. The van der Waals surface area contributed by atoms with Crippen LogP contribution in [0.5, 0.6) is 0 Å². The molecule has 0 fully saturated rings. The predicted octanol–water partition coefficient (Wildman–Crippen LogP) is 2.61. The topological polar surface area (TPSA) is 12.0 Å². The minimum atomic E-state index is 1.16. The Kier molecular flexibility index (Phi) is 1.90. The van der Waals surface area contributed by atoms with Gasteiger partial charge in [-0.2, -0.15) is 0 Å². The summed E-state index contributed by atoms with van der Waals surface area (Å²) >= 11 is 1.73. The van der Waals surface area contributed by atoms with E-state index in [1.54, 1.807) is 17.5 Å². The molecule has 0 aliphatic heterocycles. The van der Waals surface area contributed by atoms with Gasteiger partial charge in [0.15, 0.2) is 0 Å². The van der Waals surface area contributed by atoms with Crippen molar-refractivity contribution in [3.05, 3.63) is 29.1 Å². The number of thiophene rings is 1. The highest BCUT2D eigenvalue weighted by molar-refractivity contribution is 7.10. The van der Waals surface area contributed by atoms with Crippen LogP contribution >= 0.6 is 11.3 Å². The molecule has 0 saturated heterocycles. The first-order valence-electron chi connectivity index (χ1n) is 2.76. The zero-order valence-corrected chi connectivity index (χ0v) is 6.16. The molecule has 0 unspecified atom stereocenters. The molecule has 0 radical (unpaired) electrons. The Bertz CT molecular complexity index is 202. The summed E-state index contributed by atoms with van der Waals surface area (Å²) in [6.45, 7) is 5.65. The van der Waals surface area contributed by atoms with Gasteiger partial charge >= 0.3 is 0 Å². The smallest absolute Gasteiger partial charge is 0.0517 e. The van der Waals surface area contributed by atoms with Gasteiger partial charge in [-0.05, 0) is 24.6 Å². The molecule has 0 aliphatic rings. The van der Waals surface area contributed by atoms with E-state index in [0.29, 0.717) is 0 Å². The van der Waals surface area contributed by atoms with Crippen LogP contribution < -0.4 is 5.32 Å². The maximum Gasteiger partial charge on any atom is 0.0517 e. The summed E-state index contributed by atoms with van der Waals surface area (Å²) in [4.78, 5) is 1.30. The van der Waals surface area contributed by atoms with Crippen molar-refractivity contribution in [2.45, 2.75) is 6.92 Å². The third-order valence-electron chi connectivity index (χ3n) is 1.12. The SMILES string of the molecule is C=CNc1ccsc1C. The third kappa shape index (κ3) is 1.33. The van der Waals surface area contributed by atoms with Gasteiger partial charge in [0.2, 0.25) is 0 Å². The van der Waals surface area contributed by atoms with E-state index >= 15 is 0 Å². The van der Waals surface area contributed by atoms with Gasteiger partial charge in [-0.15, -0.1) is 11.3 Å². The lowest BCUT2D eigenvalue weighted by Gasteiger charge is -1.94. The van der Waals surface area contributed by atoms with Crippen molar-refractivity contribution < 1.29 is 0 Å². The quantitative estimate of drug-likeness (QED) is 0.664. The molecule has 1 rings (SSSR count). The Morgan fingerprint density at radius 2 is 2.56 bits per heavy atom. The summed E-state index contributed by atoms with van der Waals surface area (Å²) in [5, 5.41) is 5.09. The molecule has 48 valence electrons. The average molecular weight is 139 g/mol. The summed E-state index contributed by atoms with van der Waals surface area (Å²) in [7, 11) is 0. The molecule has 9 heavy (non-hydrogen) atoms. The molecule has 0 spiro atoms. The summed E-state index contributed by atoms with van der Waals surface area (Å²) in [5.41, 5.74) is 1.16. The van der Waals surface area contributed by atoms with Crippen molar-refractivity contribution in [2.75, 3.05) is 5.32 Å². The number of rotatable bonds is 2. The molecule has 0 amide bonds. The fourth-order valence-electron chi connectivity index (χ4n) is 0.645. The minimum Gasteiger partial charge on any atom is -0.361 e. The standard InChI is InChI=1S/C7H9NS/c1-3-8-7-4-5-9-6(7)2/h3-5,8H,1H2,2H3. The van der Waals surface area contributed by atoms with Crippen LogP contribution in [-0.2, 0) is 0 Å². The van der Waals surface area contributed by atoms with Crippen LogP contribution in [0.1, 0.15) is 4.88 Å². The molecule has 0 atom stereocenters. The van der Waals surface area contributed by atoms with Crippen molar-refractivity contribution in [1.29, 1.82) is 0 Å². The highest BCUT2D eigenvalue weighted by Gasteiger charge is 1.92. The zero-order chi connectivity index (χ0) is 6.69. The van der Waals surface area contributed by atoms with E-state index in [2.05, 4.69) is 24.2 Å². The lowest BCUT2D eigenvalue weighted by Crippen LogP contribution is -1.83. The van der Waals surface area contributed by atoms with Gasteiger partial charge in [0.25, 0.3) is 0 Å². The second kappa shape index (κ2) is 2.69. The summed E-state index contributed by atoms with van der Waals surface area (Å²) in [6, 6.07) is 2.04. The van der Waals surface area contributed by atoms with E-state index in [9.17, 15) is 0 Å². The maximum atomic E-state index is 3.57. The monoisotopic (exact) mass is 139 g/mol. The molecule has 1 aromatic heterocycles. The highest BCUT2D eigenvalue weighted by Crippen LogP contribution is 2.19. The molecule has 0 bridgehead atoms. The first kappa shape index (κ1) is 6.36. The molecule has 1 nitrogen and oxygen atoms in total. The van der Waals surface area contributed by atoms with Crippen LogP contribution in [-0.4, -0.2) is 0 Å². The number of hydrogen-bond acceptors (Lipinski definition) is 2. The van der Waals surface area contributed by atoms with Gasteiger partial charge in [-0.25, -0.2) is 0 Å². The molecule has 0 aliphatic carbocycles. The number of nitrogens with one attached hydrogen (secondary N) is 1. The van der Waals surface area contributed by atoms with Crippen LogP contribution in [0.25, 0.3) is 0 Å². The van der Waals surface area contributed by atoms with Gasteiger partial charge in [0.1, 0.15) is 0 Å². The summed E-state index contributed by atoms with van der Waals surface area (Å²) < 4.78 is 0. The van der Waals surface area contributed by atoms with E-state index in [1.165, 1.54) is 4.88 Å². The Hall–Kier alpha value is -0.760. The molecule has 1 N–H and O–H groups in total. The molecular weight excluding hydrogens is 130 g/mol. The highest BCUT2D eigenvalue weighted by atomic mass is 32.1. The lowest BCUT2D eigenvalue weighted by atomic mass is 10.4. The Labute approximate surface area is 59.0 Å². The fraction of sp³-hybridized carbons (Fsp3) is 0.143. The molecule has 2 heteroatoms. The molecular formula is C7H9NS. The predicted molar refractivity (Wildman–Crippen MR) is 42.9 cm³/mol. The average Bonchev–Trinajstić information content (AvgIpc) is 2.18. The van der Waals surface area contributed by atoms with Gasteiger partial charge in [0.05, 0.1) is 5.69 Å². The summed E-state index contributed by atoms with van der Waals surface area (Å²) in [6.07, 6.45) is 1.69. The third-order valence-corrected chi connectivity index (χ3v) is 1.96. The van der Waals surface area contributed by atoms with Crippen molar-refractivity contribution in [3.63, 3.8) is 0 Å². The second-order valence-corrected chi connectivity index (χ2v) is 2.86. The van der Waals surface area contributed by atoms with Crippen LogP contribution in [0.2, 0.25) is 0 Å². The van der Waals surface area contributed by atoms with Crippen molar-refractivity contribution in [1.82, 2.24) is 0 Å². The number of aryl methyl sites for hydroxylation is 1. The van der Waals surface area contributed by atoms with Gasteiger partial charge in [-0.1, -0.05) is 6.58 Å². The first-order valence-corrected chi connectivity index (χ1v) is 3.64. The molecule has 0 aromatic carbocycles. The fourth-order valence-corrected chi connectivity index (χ4v) is 1.31. The van der Waals surface area contributed by atoms with Gasteiger partial charge in [0, 0.05) is 4.88 Å². The zero-order valence-electron chi connectivity index (χ0n) is 5.35. The van der Waals surface area contributed by atoms with Crippen molar-refractivity contribution in [3.8, 4) is 0 Å². The van der Waals surface area contributed by atoms with E-state index in [0.717, 1.165) is 5.69 Å². The Balaban J connectivity index is 2.80. The van der Waals surface area contributed by atoms with E-state index < -0.39 is 0 Å². The first-order chi connectivity index (χ1) is 4.34. The molecule has 1 aromatic rings. The maximum absolute atomic E-state index is 3.57. The van der Waals surface area contributed by atoms with Gasteiger partial charge in [-0.3, -0.25) is 0 Å². The van der Waals surface area contributed by atoms with Crippen LogP contribution in [0.4, 0.5) is 5.69 Å². The van der Waals surface area contributed by atoms with Crippen LogP contribution in [0.15, 0.2) is 24.2 Å². The lowest BCUT2D eigenvalue weighted by molar-refractivity contribution is 1.56. The number of anilines is 1. The van der Waals surface area contributed by atoms with E-state index in [-0.39, 0.29) is 0 Å². The second-order valence-electron chi connectivity index (χ2n) is 1.74. The van der Waals surface area contributed by atoms with Gasteiger partial charge < -0.3 is 5.32 Å². The molecule has 1 heterocycles. The Morgan fingerprint density at radius 3 is 3.00 bits per heavy atom. The van der Waals surface area contributed by atoms with Crippen LogP contribution in [0.3, 0.4) is 0 Å². The van der Waals surface area contributed by atoms with E-state index in [1.807, 2.05) is 6.07 Å².